The third-order valence-electron chi connectivity index (χ3n) is 4.34. The van der Waals surface area contributed by atoms with Crippen LogP contribution in [-0.2, 0) is 0 Å². The number of rotatable bonds is 4. The van der Waals surface area contributed by atoms with E-state index in [-0.39, 0.29) is 0 Å². The van der Waals surface area contributed by atoms with Crippen molar-refractivity contribution in [2.75, 3.05) is 13.1 Å². The summed E-state index contributed by atoms with van der Waals surface area (Å²) in [7, 11) is 0. The first-order valence-corrected chi connectivity index (χ1v) is 8.82. The number of benzene rings is 2. The molecular formula is C20H19ClFN3O. The van der Waals surface area contributed by atoms with Crippen molar-refractivity contribution in [2.45, 2.75) is 25.9 Å². The molecule has 1 aliphatic rings. The van der Waals surface area contributed by atoms with Crippen LogP contribution in [0.25, 0.3) is 11.1 Å². The van der Waals surface area contributed by atoms with E-state index >= 15 is 0 Å². The molecule has 0 aliphatic carbocycles. The quantitative estimate of drug-likeness (QED) is 0.587. The Kier molecular flexibility index (Phi) is 5.55. The van der Waals surface area contributed by atoms with Crippen molar-refractivity contribution in [3.05, 3.63) is 52.3 Å². The van der Waals surface area contributed by atoms with Crippen molar-refractivity contribution in [1.82, 2.24) is 5.01 Å². The molecule has 0 radical (unpaired) electrons. The summed E-state index contributed by atoms with van der Waals surface area (Å²) in [5.41, 5.74) is 2.37. The van der Waals surface area contributed by atoms with Crippen LogP contribution in [-0.4, -0.2) is 23.2 Å². The highest BCUT2D eigenvalue weighted by molar-refractivity contribution is 6.32. The van der Waals surface area contributed by atoms with Crippen LogP contribution in [0, 0.1) is 18.2 Å². The van der Waals surface area contributed by atoms with E-state index in [1.54, 1.807) is 25.1 Å². The van der Waals surface area contributed by atoms with E-state index in [1.165, 1.54) is 12.1 Å². The van der Waals surface area contributed by atoms with Gasteiger partial charge in [0.2, 0.25) is 0 Å². The number of nitrogens with zero attached hydrogens (tertiary/aromatic N) is 3. The predicted octanol–water partition coefficient (Wildman–Crippen LogP) is 5.28. The average molecular weight is 372 g/mol. The Bertz CT molecular complexity index is 883. The average Bonchev–Trinajstić information content (AvgIpc) is 3.12. The first-order chi connectivity index (χ1) is 12.5. The maximum atomic E-state index is 13.8. The minimum atomic E-state index is -0.835. The zero-order valence-corrected chi connectivity index (χ0v) is 15.2. The second-order valence-electron chi connectivity index (χ2n) is 6.23. The highest BCUT2D eigenvalue weighted by Crippen LogP contribution is 2.43. The molecule has 1 N–H and O–H groups in total. The highest BCUT2D eigenvalue weighted by Gasteiger charge is 2.21. The lowest BCUT2D eigenvalue weighted by Gasteiger charge is -2.18. The molecule has 1 saturated heterocycles. The fourth-order valence-electron chi connectivity index (χ4n) is 3.07. The largest absolute Gasteiger partial charge is 0.389 e. The topological polar surface area (TPSA) is 48.2 Å². The third kappa shape index (κ3) is 3.72. The second kappa shape index (κ2) is 7.86. The SMILES string of the molecule is C#Cc1c(Cl)cc(C(C)O)c(-c2cccc(F)c2)c1N=NN1CCCC1. The number of terminal acetylenes is 1. The van der Waals surface area contributed by atoms with Crippen LogP contribution in [0.1, 0.15) is 37.0 Å². The molecular weight excluding hydrogens is 353 g/mol. The Morgan fingerprint density at radius 3 is 2.65 bits per heavy atom. The summed E-state index contributed by atoms with van der Waals surface area (Å²) in [5, 5.41) is 21.0. The molecule has 2 aromatic carbocycles. The van der Waals surface area contributed by atoms with Crippen molar-refractivity contribution < 1.29 is 9.50 Å². The molecule has 26 heavy (non-hydrogen) atoms. The number of halogens is 2. The van der Waals surface area contributed by atoms with Crippen molar-refractivity contribution in [2.24, 2.45) is 10.3 Å². The van der Waals surface area contributed by atoms with Gasteiger partial charge in [-0.05, 0) is 49.1 Å². The van der Waals surface area contributed by atoms with E-state index in [2.05, 4.69) is 16.3 Å². The molecule has 1 fully saturated rings. The minimum Gasteiger partial charge on any atom is -0.389 e. The van der Waals surface area contributed by atoms with Gasteiger partial charge in [0, 0.05) is 18.7 Å². The molecule has 1 atom stereocenters. The van der Waals surface area contributed by atoms with Crippen molar-refractivity contribution in [3.8, 4) is 23.5 Å². The molecule has 134 valence electrons. The summed E-state index contributed by atoms with van der Waals surface area (Å²) in [5.74, 6) is 2.16. The minimum absolute atomic E-state index is 0.305. The van der Waals surface area contributed by atoms with Crippen molar-refractivity contribution in [3.63, 3.8) is 0 Å². The molecule has 0 aromatic heterocycles. The third-order valence-corrected chi connectivity index (χ3v) is 4.64. The summed E-state index contributed by atoms with van der Waals surface area (Å²) >= 11 is 6.32. The lowest BCUT2D eigenvalue weighted by molar-refractivity contribution is 0.200. The Morgan fingerprint density at radius 2 is 2.04 bits per heavy atom. The summed E-state index contributed by atoms with van der Waals surface area (Å²) in [6.07, 6.45) is 6.94. The van der Waals surface area contributed by atoms with Gasteiger partial charge in [-0.2, -0.15) is 0 Å². The maximum absolute atomic E-state index is 13.8. The van der Waals surface area contributed by atoms with Gasteiger partial charge in [-0.3, -0.25) is 5.01 Å². The fraction of sp³-hybridized carbons (Fsp3) is 0.300. The van der Waals surface area contributed by atoms with Gasteiger partial charge >= 0.3 is 0 Å². The van der Waals surface area contributed by atoms with Crippen LogP contribution in [0.2, 0.25) is 5.02 Å². The maximum Gasteiger partial charge on any atom is 0.123 e. The van der Waals surface area contributed by atoms with Crippen LogP contribution in [0.5, 0.6) is 0 Å². The lowest BCUT2D eigenvalue weighted by atomic mass is 9.92. The molecule has 6 heteroatoms. The van der Waals surface area contributed by atoms with Gasteiger partial charge in [0.15, 0.2) is 0 Å². The van der Waals surface area contributed by atoms with Gasteiger partial charge < -0.3 is 5.11 Å². The normalized spacial score (nSPS) is 15.4. The zero-order valence-electron chi connectivity index (χ0n) is 14.4. The molecule has 1 aliphatic heterocycles. The van der Waals surface area contributed by atoms with Crippen LogP contribution in [0.3, 0.4) is 0 Å². The van der Waals surface area contributed by atoms with E-state index in [1.807, 2.05) is 5.01 Å². The van der Waals surface area contributed by atoms with E-state index < -0.39 is 11.9 Å². The summed E-state index contributed by atoms with van der Waals surface area (Å²) in [6.45, 7) is 3.27. The van der Waals surface area contributed by atoms with Gasteiger partial charge in [0.1, 0.15) is 11.5 Å². The van der Waals surface area contributed by atoms with Crippen molar-refractivity contribution in [1.29, 1.82) is 0 Å². The Morgan fingerprint density at radius 1 is 1.31 bits per heavy atom. The van der Waals surface area contributed by atoms with Gasteiger partial charge in [-0.1, -0.05) is 34.9 Å². The van der Waals surface area contributed by atoms with Gasteiger partial charge in [-0.25, -0.2) is 4.39 Å². The van der Waals surface area contributed by atoms with Gasteiger partial charge in [0.05, 0.1) is 16.7 Å². The predicted molar refractivity (Wildman–Crippen MR) is 101 cm³/mol. The van der Waals surface area contributed by atoms with Crippen LogP contribution >= 0.6 is 11.6 Å². The molecule has 1 heterocycles. The number of aliphatic hydroxyl groups excluding tert-OH is 1. The molecule has 0 amide bonds. The smallest absolute Gasteiger partial charge is 0.123 e. The summed E-state index contributed by atoms with van der Waals surface area (Å²) in [6, 6.07) is 7.69. The van der Waals surface area contributed by atoms with Crippen molar-refractivity contribution >= 4 is 17.3 Å². The molecule has 3 rings (SSSR count). The van der Waals surface area contributed by atoms with Crippen LogP contribution < -0.4 is 0 Å². The Balaban J connectivity index is 2.25. The standard InChI is InChI=1S/C20H19ClFN3O/c1-3-16-18(21)12-17(13(2)26)19(14-7-6-8-15(22)11-14)20(16)23-24-25-9-4-5-10-25/h1,6-8,11-13,26H,4-5,9-10H2,2H3. The lowest BCUT2D eigenvalue weighted by Crippen LogP contribution is -2.09. The Labute approximate surface area is 157 Å². The van der Waals surface area contributed by atoms with E-state index in [4.69, 9.17) is 18.0 Å². The van der Waals surface area contributed by atoms with Crippen LogP contribution in [0.15, 0.2) is 40.7 Å². The summed E-state index contributed by atoms with van der Waals surface area (Å²) < 4.78 is 13.8. The molecule has 0 bridgehead atoms. The fourth-order valence-corrected chi connectivity index (χ4v) is 3.33. The van der Waals surface area contributed by atoms with E-state index in [0.29, 0.717) is 33.0 Å². The Hall–Kier alpha value is -2.42. The van der Waals surface area contributed by atoms with E-state index in [0.717, 1.165) is 25.9 Å². The number of aliphatic hydroxyl groups is 1. The van der Waals surface area contributed by atoms with Gasteiger partial charge in [0.25, 0.3) is 0 Å². The number of hydrogen-bond donors (Lipinski definition) is 1. The van der Waals surface area contributed by atoms with E-state index in [9.17, 15) is 9.50 Å². The monoisotopic (exact) mass is 371 g/mol. The molecule has 0 spiro atoms. The van der Waals surface area contributed by atoms with Crippen LogP contribution in [0.4, 0.5) is 10.1 Å². The number of hydrogen-bond acceptors (Lipinski definition) is 3. The molecule has 4 nitrogen and oxygen atoms in total. The summed E-state index contributed by atoms with van der Waals surface area (Å²) in [4.78, 5) is 0. The molecule has 2 aromatic rings. The highest BCUT2D eigenvalue weighted by atomic mass is 35.5. The zero-order chi connectivity index (χ0) is 18.7. The second-order valence-corrected chi connectivity index (χ2v) is 6.63. The first kappa shape index (κ1) is 18.4. The van der Waals surface area contributed by atoms with Gasteiger partial charge in [-0.15, -0.1) is 11.5 Å². The molecule has 0 saturated carbocycles. The molecule has 1 unspecified atom stereocenters. The first-order valence-electron chi connectivity index (χ1n) is 8.45.